The van der Waals surface area contributed by atoms with E-state index in [4.69, 9.17) is 0 Å². The first-order valence-corrected chi connectivity index (χ1v) is 3.79. The topological polar surface area (TPSA) is 33.4 Å². The average molecular weight is 166 g/mol. The molecule has 1 heterocycles. The molecule has 4 nitrogen and oxygen atoms in total. The number of rotatable bonds is 1. The molecule has 0 aliphatic rings. The highest BCUT2D eigenvalue weighted by atomic mass is 15.2. The minimum Gasteiger partial charge on any atom is -0.363 e. The number of hydrogen-bond donors (Lipinski definition) is 0. The lowest BCUT2D eigenvalue weighted by molar-refractivity contribution is 0.769. The van der Waals surface area contributed by atoms with Crippen LogP contribution in [-0.4, -0.2) is 30.7 Å². The first-order chi connectivity index (χ1) is 5.65. The zero-order valence-corrected chi connectivity index (χ0v) is 7.94. The summed E-state index contributed by atoms with van der Waals surface area (Å²) in [5.41, 5.74) is 0.737. The van der Waals surface area contributed by atoms with Crippen LogP contribution < -0.4 is 10.5 Å². The van der Waals surface area contributed by atoms with Gasteiger partial charge in [-0.1, -0.05) is 0 Å². The summed E-state index contributed by atoms with van der Waals surface area (Å²) in [4.78, 5) is 10.3. The minimum absolute atomic E-state index is 0.737. The first kappa shape index (κ1) is 8.77. The molecule has 0 bridgehead atoms. The van der Waals surface area contributed by atoms with E-state index < -0.39 is 0 Å². The predicted octanol–water partition coefficient (Wildman–Crippen LogP) is 0.0166. The van der Waals surface area contributed by atoms with Crippen molar-refractivity contribution in [1.82, 2.24) is 9.55 Å². The van der Waals surface area contributed by atoms with Gasteiger partial charge < -0.3 is 9.47 Å². The SMILES string of the molecule is CN=c1nc(N(C)C)ccn1C. The van der Waals surface area contributed by atoms with Gasteiger partial charge in [-0.05, 0) is 6.07 Å². The van der Waals surface area contributed by atoms with Crippen molar-refractivity contribution >= 4 is 5.82 Å². The van der Waals surface area contributed by atoms with E-state index in [0.29, 0.717) is 0 Å². The van der Waals surface area contributed by atoms with Gasteiger partial charge in [0.1, 0.15) is 5.82 Å². The van der Waals surface area contributed by atoms with E-state index in [9.17, 15) is 0 Å². The number of aryl methyl sites for hydroxylation is 1. The lowest BCUT2D eigenvalue weighted by Gasteiger charge is -2.11. The summed E-state index contributed by atoms with van der Waals surface area (Å²) in [5.74, 6) is 0.925. The zero-order valence-electron chi connectivity index (χ0n) is 7.94. The molecule has 0 aliphatic carbocycles. The van der Waals surface area contributed by atoms with E-state index in [2.05, 4.69) is 9.98 Å². The van der Waals surface area contributed by atoms with Crippen molar-refractivity contribution in [2.24, 2.45) is 12.0 Å². The molecule has 0 amide bonds. The van der Waals surface area contributed by atoms with Crippen LogP contribution in [-0.2, 0) is 7.05 Å². The summed E-state index contributed by atoms with van der Waals surface area (Å²) >= 11 is 0. The molecule has 0 unspecified atom stereocenters. The Hall–Kier alpha value is -1.32. The minimum atomic E-state index is 0.737. The highest BCUT2D eigenvalue weighted by Gasteiger charge is 1.95. The smallest absolute Gasteiger partial charge is 0.226 e. The van der Waals surface area contributed by atoms with E-state index in [0.717, 1.165) is 11.4 Å². The summed E-state index contributed by atoms with van der Waals surface area (Å²) in [5, 5.41) is 0. The largest absolute Gasteiger partial charge is 0.363 e. The van der Waals surface area contributed by atoms with Gasteiger partial charge in [-0.15, -0.1) is 0 Å². The fourth-order valence-corrected chi connectivity index (χ4v) is 0.921. The number of nitrogens with zero attached hydrogens (tertiary/aromatic N) is 4. The molecule has 0 spiro atoms. The number of aromatic nitrogens is 2. The van der Waals surface area contributed by atoms with E-state index in [1.807, 2.05) is 42.9 Å². The Morgan fingerprint density at radius 1 is 1.50 bits per heavy atom. The summed E-state index contributed by atoms with van der Waals surface area (Å²) in [6.45, 7) is 0. The third-order valence-electron chi connectivity index (χ3n) is 1.64. The quantitative estimate of drug-likeness (QED) is 0.589. The second-order valence-electron chi connectivity index (χ2n) is 2.81. The van der Waals surface area contributed by atoms with Gasteiger partial charge in [-0.2, -0.15) is 4.98 Å². The highest BCUT2D eigenvalue weighted by Crippen LogP contribution is 1.99. The molecule has 1 rings (SSSR count). The Bertz CT molecular complexity index is 324. The monoisotopic (exact) mass is 166 g/mol. The molecule has 0 saturated carbocycles. The molecule has 66 valence electrons. The Kier molecular flexibility index (Phi) is 2.47. The maximum atomic E-state index is 4.31. The van der Waals surface area contributed by atoms with Crippen LogP contribution in [0.2, 0.25) is 0 Å². The number of anilines is 1. The third-order valence-corrected chi connectivity index (χ3v) is 1.64. The molecule has 0 N–H and O–H groups in total. The van der Waals surface area contributed by atoms with Crippen LogP contribution in [0, 0.1) is 0 Å². The van der Waals surface area contributed by atoms with Gasteiger partial charge in [-0.3, -0.25) is 4.99 Å². The molecule has 0 atom stereocenters. The van der Waals surface area contributed by atoms with Crippen molar-refractivity contribution in [3.63, 3.8) is 0 Å². The van der Waals surface area contributed by atoms with Crippen LogP contribution in [0.25, 0.3) is 0 Å². The van der Waals surface area contributed by atoms with Gasteiger partial charge in [0, 0.05) is 34.4 Å². The molecule has 0 fully saturated rings. The number of hydrogen-bond acceptors (Lipinski definition) is 3. The van der Waals surface area contributed by atoms with E-state index >= 15 is 0 Å². The lowest BCUT2D eigenvalue weighted by atomic mass is 10.5. The summed E-state index contributed by atoms with van der Waals surface area (Å²) in [6, 6.07) is 1.95. The maximum absolute atomic E-state index is 4.31. The highest BCUT2D eigenvalue weighted by molar-refractivity contribution is 5.33. The van der Waals surface area contributed by atoms with Crippen LogP contribution in [0.1, 0.15) is 0 Å². The van der Waals surface area contributed by atoms with Gasteiger partial charge >= 0.3 is 0 Å². The summed E-state index contributed by atoms with van der Waals surface area (Å²) in [6.07, 6.45) is 1.95. The van der Waals surface area contributed by atoms with Crippen molar-refractivity contribution in [2.45, 2.75) is 0 Å². The molecular weight excluding hydrogens is 152 g/mol. The Morgan fingerprint density at radius 2 is 2.17 bits per heavy atom. The molecule has 0 saturated heterocycles. The van der Waals surface area contributed by atoms with Crippen molar-refractivity contribution in [3.8, 4) is 0 Å². The van der Waals surface area contributed by atoms with Crippen molar-refractivity contribution in [1.29, 1.82) is 0 Å². The standard InChI is InChI=1S/C8H14N4/c1-9-8-10-7(11(2)3)5-6-12(8)4/h5-6H,1-4H3. The van der Waals surface area contributed by atoms with Gasteiger partial charge in [-0.25, -0.2) is 0 Å². The molecular formula is C8H14N4. The molecule has 12 heavy (non-hydrogen) atoms. The van der Waals surface area contributed by atoms with Gasteiger partial charge in [0.25, 0.3) is 0 Å². The summed E-state index contributed by atoms with van der Waals surface area (Å²) < 4.78 is 1.88. The Labute approximate surface area is 72.2 Å². The second kappa shape index (κ2) is 3.38. The predicted molar refractivity (Wildman–Crippen MR) is 49.0 cm³/mol. The lowest BCUT2D eigenvalue weighted by Crippen LogP contribution is -2.24. The second-order valence-corrected chi connectivity index (χ2v) is 2.81. The van der Waals surface area contributed by atoms with E-state index in [-0.39, 0.29) is 0 Å². The van der Waals surface area contributed by atoms with Crippen LogP contribution in [0.5, 0.6) is 0 Å². The van der Waals surface area contributed by atoms with Crippen molar-refractivity contribution < 1.29 is 0 Å². The fraction of sp³-hybridized carbons (Fsp3) is 0.500. The van der Waals surface area contributed by atoms with Crippen LogP contribution >= 0.6 is 0 Å². The average Bonchev–Trinajstić information content (AvgIpc) is 2.05. The molecule has 1 aromatic rings. The van der Waals surface area contributed by atoms with Crippen LogP contribution in [0.3, 0.4) is 0 Å². The molecule has 0 radical (unpaired) electrons. The summed E-state index contributed by atoms with van der Waals surface area (Å²) in [7, 11) is 7.58. The Morgan fingerprint density at radius 3 is 2.67 bits per heavy atom. The van der Waals surface area contributed by atoms with E-state index in [1.54, 1.807) is 7.05 Å². The molecule has 4 heteroatoms. The van der Waals surface area contributed by atoms with Crippen molar-refractivity contribution in [2.75, 3.05) is 26.0 Å². The molecule has 0 aliphatic heterocycles. The van der Waals surface area contributed by atoms with Gasteiger partial charge in [0.2, 0.25) is 5.62 Å². The van der Waals surface area contributed by atoms with Crippen LogP contribution in [0.15, 0.2) is 17.3 Å². The normalized spacial score (nSPS) is 11.8. The first-order valence-electron chi connectivity index (χ1n) is 3.79. The van der Waals surface area contributed by atoms with E-state index in [1.165, 1.54) is 0 Å². The van der Waals surface area contributed by atoms with Crippen molar-refractivity contribution in [3.05, 3.63) is 17.9 Å². The fourth-order valence-electron chi connectivity index (χ4n) is 0.921. The molecule has 0 aromatic carbocycles. The third kappa shape index (κ3) is 1.64. The van der Waals surface area contributed by atoms with Gasteiger partial charge in [0.05, 0.1) is 0 Å². The maximum Gasteiger partial charge on any atom is 0.226 e. The van der Waals surface area contributed by atoms with Crippen LogP contribution in [0.4, 0.5) is 5.82 Å². The Balaban J connectivity index is 3.24. The van der Waals surface area contributed by atoms with Gasteiger partial charge in [0.15, 0.2) is 0 Å². The zero-order chi connectivity index (χ0) is 9.14. The molecule has 1 aromatic heterocycles.